The van der Waals surface area contributed by atoms with Gasteiger partial charge in [0.25, 0.3) is 5.91 Å². The predicted molar refractivity (Wildman–Crippen MR) is 63.9 cm³/mol. The highest BCUT2D eigenvalue weighted by Crippen LogP contribution is 2.26. The minimum absolute atomic E-state index is 0.280. The Morgan fingerprint density at radius 2 is 2.11 bits per heavy atom. The minimum atomic E-state index is -1.02. The number of rotatable bonds is 3. The lowest BCUT2D eigenvalue weighted by Gasteiger charge is -2.37. The third kappa shape index (κ3) is 2.51. The number of morpholine rings is 1. The first-order valence-electron chi connectivity index (χ1n) is 5.78. The van der Waals surface area contributed by atoms with E-state index in [1.165, 1.54) is 4.90 Å². The lowest BCUT2D eigenvalue weighted by atomic mass is 10.0. The number of hydrogen-bond acceptors (Lipinski definition) is 3. The molecule has 0 spiro atoms. The van der Waals surface area contributed by atoms with Crippen LogP contribution in [0.5, 0.6) is 0 Å². The molecule has 1 amide bonds. The van der Waals surface area contributed by atoms with Crippen molar-refractivity contribution in [3.05, 3.63) is 35.9 Å². The molecular weight excluding hydrogens is 234 g/mol. The van der Waals surface area contributed by atoms with Crippen LogP contribution in [0, 0.1) is 0 Å². The lowest BCUT2D eigenvalue weighted by Crippen LogP contribution is -2.50. The molecule has 5 nitrogen and oxygen atoms in total. The lowest BCUT2D eigenvalue weighted by molar-refractivity contribution is -0.163. The van der Waals surface area contributed by atoms with E-state index in [1.807, 2.05) is 30.3 Å². The van der Waals surface area contributed by atoms with Gasteiger partial charge in [0, 0.05) is 0 Å². The molecule has 0 aromatic heterocycles. The van der Waals surface area contributed by atoms with Crippen molar-refractivity contribution in [3.63, 3.8) is 0 Å². The van der Waals surface area contributed by atoms with Crippen LogP contribution in [0.2, 0.25) is 0 Å². The molecule has 1 aromatic rings. The van der Waals surface area contributed by atoms with Gasteiger partial charge in [-0.05, 0) is 12.5 Å². The number of ether oxygens (including phenoxy) is 1. The molecule has 1 heterocycles. The van der Waals surface area contributed by atoms with E-state index in [0.29, 0.717) is 6.61 Å². The summed E-state index contributed by atoms with van der Waals surface area (Å²) in [6.45, 7) is 1.66. The smallest absolute Gasteiger partial charge is 0.323 e. The van der Waals surface area contributed by atoms with Gasteiger partial charge in [-0.1, -0.05) is 30.3 Å². The molecule has 1 N–H and O–H groups in total. The summed E-state index contributed by atoms with van der Waals surface area (Å²) in [6.07, 6.45) is -0.579. The van der Waals surface area contributed by atoms with Gasteiger partial charge in [-0.3, -0.25) is 9.59 Å². The molecule has 2 atom stereocenters. The first kappa shape index (κ1) is 12.6. The summed E-state index contributed by atoms with van der Waals surface area (Å²) >= 11 is 0. The number of carboxylic acid groups (broad SMARTS) is 1. The summed E-state index contributed by atoms with van der Waals surface area (Å²) in [5.74, 6) is -1.30. The Kier molecular flexibility index (Phi) is 3.62. The van der Waals surface area contributed by atoms with Crippen molar-refractivity contribution in [1.29, 1.82) is 0 Å². The number of amides is 1. The zero-order chi connectivity index (χ0) is 13.1. The second-order valence-electron chi connectivity index (χ2n) is 4.26. The van der Waals surface area contributed by atoms with Crippen molar-refractivity contribution in [2.75, 3.05) is 13.2 Å². The Labute approximate surface area is 105 Å². The van der Waals surface area contributed by atoms with Gasteiger partial charge in [0.1, 0.15) is 12.6 Å². The van der Waals surface area contributed by atoms with Gasteiger partial charge in [0.2, 0.25) is 0 Å². The van der Waals surface area contributed by atoms with E-state index >= 15 is 0 Å². The second-order valence-corrected chi connectivity index (χ2v) is 4.26. The van der Waals surface area contributed by atoms with Gasteiger partial charge in [0.05, 0.1) is 12.6 Å². The van der Waals surface area contributed by atoms with E-state index in [2.05, 4.69) is 0 Å². The van der Waals surface area contributed by atoms with Crippen molar-refractivity contribution < 1.29 is 19.4 Å². The Hall–Kier alpha value is -1.88. The van der Waals surface area contributed by atoms with Gasteiger partial charge in [-0.25, -0.2) is 0 Å². The van der Waals surface area contributed by atoms with Crippen LogP contribution < -0.4 is 0 Å². The van der Waals surface area contributed by atoms with Crippen LogP contribution in [0.4, 0.5) is 0 Å². The van der Waals surface area contributed by atoms with Crippen LogP contribution in [-0.2, 0) is 14.3 Å². The Balaban J connectivity index is 2.27. The van der Waals surface area contributed by atoms with E-state index in [1.54, 1.807) is 6.92 Å². The Morgan fingerprint density at radius 1 is 1.44 bits per heavy atom. The molecule has 5 heteroatoms. The average Bonchev–Trinajstić information content (AvgIpc) is 2.36. The zero-order valence-corrected chi connectivity index (χ0v) is 10.1. The van der Waals surface area contributed by atoms with E-state index in [-0.39, 0.29) is 18.5 Å². The average molecular weight is 249 g/mol. The maximum absolute atomic E-state index is 12.0. The molecule has 1 aromatic carbocycles. The third-order valence-corrected chi connectivity index (χ3v) is 3.00. The fourth-order valence-corrected chi connectivity index (χ4v) is 2.07. The summed E-state index contributed by atoms with van der Waals surface area (Å²) in [4.78, 5) is 24.2. The van der Waals surface area contributed by atoms with Crippen LogP contribution in [-0.4, -0.2) is 41.1 Å². The van der Waals surface area contributed by atoms with Crippen LogP contribution in [0.15, 0.2) is 30.3 Å². The largest absolute Gasteiger partial charge is 0.480 e. The molecule has 1 saturated heterocycles. The summed E-state index contributed by atoms with van der Waals surface area (Å²) < 4.78 is 5.38. The number of aliphatic carboxylic acids is 1. The van der Waals surface area contributed by atoms with Crippen LogP contribution in [0.3, 0.4) is 0 Å². The second kappa shape index (κ2) is 5.18. The molecule has 0 saturated carbocycles. The van der Waals surface area contributed by atoms with Crippen molar-refractivity contribution in [2.45, 2.75) is 19.1 Å². The van der Waals surface area contributed by atoms with Gasteiger partial charge >= 0.3 is 5.97 Å². The minimum Gasteiger partial charge on any atom is -0.480 e. The molecule has 0 bridgehead atoms. The Morgan fingerprint density at radius 3 is 2.72 bits per heavy atom. The van der Waals surface area contributed by atoms with Gasteiger partial charge in [0.15, 0.2) is 0 Å². The van der Waals surface area contributed by atoms with Crippen LogP contribution in [0.1, 0.15) is 18.5 Å². The molecule has 96 valence electrons. The fraction of sp³-hybridized carbons (Fsp3) is 0.385. The number of carbonyl (C=O) groups is 2. The molecule has 1 fully saturated rings. The van der Waals surface area contributed by atoms with Crippen LogP contribution in [0.25, 0.3) is 0 Å². The molecule has 0 radical (unpaired) electrons. The van der Waals surface area contributed by atoms with Gasteiger partial charge in [-0.2, -0.15) is 0 Å². The SMILES string of the molecule is C[C@@H]1OC[C@@H](c2ccccc2)N(CC(=O)O)C1=O. The van der Waals surface area contributed by atoms with Crippen molar-refractivity contribution in [2.24, 2.45) is 0 Å². The number of carbonyl (C=O) groups excluding carboxylic acids is 1. The standard InChI is InChI=1S/C13H15NO4/c1-9-13(17)14(7-12(15)16)11(8-18-9)10-5-3-2-4-6-10/h2-6,9,11H,7-8H2,1H3,(H,15,16)/t9-,11-/m0/s1. The normalized spacial score (nSPS) is 24.1. The molecular formula is C13H15NO4. The van der Waals surface area contributed by atoms with Gasteiger partial charge < -0.3 is 14.7 Å². The fourth-order valence-electron chi connectivity index (χ4n) is 2.07. The summed E-state index contributed by atoms with van der Waals surface area (Å²) in [5, 5.41) is 8.90. The quantitative estimate of drug-likeness (QED) is 0.869. The number of hydrogen-bond donors (Lipinski definition) is 1. The number of benzene rings is 1. The van der Waals surface area contributed by atoms with E-state index in [0.717, 1.165) is 5.56 Å². The van der Waals surface area contributed by atoms with Crippen LogP contribution >= 0.6 is 0 Å². The topological polar surface area (TPSA) is 66.8 Å². The number of carboxylic acids is 1. The van der Waals surface area contributed by atoms with E-state index < -0.39 is 12.1 Å². The highest BCUT2D eigenvalue weighted by Gasteiger charge is 2.35. The molecule has 18 heavy (non-hydrogen) atoms. The van der Waals surface area contributed by atoms with Crippen molar-refractivity contribution >= 4 is 11.9 Å². The van der Waals surface area contributed by atoms with E-state index in [9.17, 15) is 9.59 Å². The molecule has 1 aliphatic heterocycles. The Bertz CT molecular complexity index is 446. The summed E-state index contributed by atoms with van der Waals surface area (Å²) in [6, 6.07) is 9.00. The number of nitrogens with zero attached hydrogens (tertiary/aromatic N) is 1. The first-order valence-corrected chi connectivity index (χ1v) is 5.78. The first-order chi connectivity index (χ1) is 8.59. The summed E-state index contributed by atoms with van der Waals surface area (Å²) in [5.41, 5.74) is 0.888. The monoisotopic (exact) mass is 249 g/mol. The third-order valence-electron chi connectivity index (χ3n) is 3.00. The molecule has 1 aliphatic rings. The highest BCUT2D eigenvalue weighted by molar-refractivity contribution is 5.85. The van der Waals surface area contributed by atoms with Crippen molar-refractivity contribution in [3.8, 4) is 0 Å². The molecule has 2 rings (SSSR count). The molecule has 0 unspecified atom stereocenters. The van der Waals surface area contributed by atoms with Gasteiger partial charge in [-0.15, -0.1) is 0 Å². The molecule has 0 aliphatic carbocycles. The summed E-state index contributed by atoms with van der Waals surface area (Å²) in [7, 11) is 0. The van der Waals surface area contributed by atoms with E-state index in [4.69, 9.17) is 9.84 Å². The zero-order valence-electron chi connectivity index (χ0n) is 10.1. The maximum Gasteiger partial charge on any atom is 0.323 e. The maximum atomic E-state index is 12.0. The highest BCUT2D eigenvalue weighted by atomic mass is 16.5. The predicted octanol–water partition coefficient (Wildman–Crippen LogP) is 1.06. The van der Waals surface area contributed by atoms with Crippen molar-refractivity contribution in [1.82, 2.24) is 4.90 Å².